The minimum Gasteiger partial charge on any atom is -0.497 e. The number of amides is 1. The van der Waals surface area contributed by atoms with Crippen molar-refractivity contribution in [2.45, 2.75) is 31.6 Å². The first kappa shape index (κ1) is 22.6. The molecule has 0 aliphatic carbocycles. The zero-order valence-corrected chi connectivity index (χ0v) is 18.7. The van der Waals surface area contributed by atoms with Crippen LogP contribution >= 0.6 is 11.6 Å². The quantitative estimate of drug-likeness (QED) is 0.696. The van der Waals surface area contributed by atoms with Crippen molar-refractivity contribution in [2.75, 3.05) is 20.2 Å². The fraction of sp³-hybridized carbons (Fsp3) is 0.409. The Hall–Kier alpha value is -2.09. The fourth-order valence-corrected chi connectivity index (χ4v) is 5.48. The molecule has 1 N–H and O–H groups in total. The number of sulfonamides is 1. The van der Waals surface area contributed by atoms with Crippen LogP contribution in [0.4, 0.5) is 0 Å². The minimum absolute atomic E-state index is 0.0403. The normalized spacial score (nSPS) is 16.8. The maximum atomic E-state index is 12.8. The number of methoxy groups -OCH3 is 1. The van der Waals surface area contributed by atoms with Gasteiger partial charge in [-0.2, -0.15) is 0 Å². The van der Waals surface area contributed by atoms with E-state index < -0.39 is 10.0 Å². The predicted molar refractivity (Wildman–Crippen MR) is 118 cm³/mol. The van der Waals surface area contributed by atoms with Crippen molar-refractivity contribution in [3.63, 3.8) is 0 Å². The number of rotatable bonds is 7. The van der Waals surface area contributed by atoms with Crippen LogP contribution in [0.2, 0.25) is 5.02 Å². The summed E-state index contributed by atoms with van der Waals surface area (Å²) < 4.78 is 32.1. The molecular weight excluding hydrogens is 424 g/mol. The average molecular weight is 451 g/mol. The summed E-state index contributed by atoms with van der Waals surface area (Å²) in [6.07, 6.45) is 1.01. The van der Waals surface area contributed by atoms with Crippen molar-refractivity contribution in [3.05, 3.63) is 64.7 Å². The standard InChI is InChI=1S/C22H27ClN2O4S/c1-16(17-7-9-20(29-2)10-8-17)24-22(26)18-11-13-25(14-12-18)30(27,28)15-19-5-3-4-6-21(19)23/h3-10,16,18H,11-15H2,1-2H3,(H,24,26). The third-order valence-corrected chi connectivity index (χ3v) is 7.68. The Morgan fingerprint density at radius 2 is 1.80 bits per heavy atom. The summed E-state index contributed by atoms with van der Waals surface area (Å²) in [4.78, 5) is 12.7. The largest absolute Gasteiger partial charge is 0.497 e. The van der Waals surface area contributed by atoms with Gasteiger partial charge >= 0.3 is 0 Å². The van der Waals surface area contributed by atoms with Crippen LogP contribution in [0.25, 0.3) is 0 Å². The number of hydrogen-bond donors (Lipinski definition) is 1. The number of benzene rings is 2. The van der Waals surface area contributed by atoms with E-state index in [4.69, 9.17) is 16.3 Å². The van der Waals surface area contributed by atoms with Crippen molar-refractivity contribution in [3.8, 4) is 5.75 Å². The number of halogens is 1. The minimum atomic E-state index is -3.48. The van der Waals surface area contributed by atoms with E-state index in [0.717, 1.165) is 11.3 Å². The zero-order chi connectivity index (χ0) is 21.7. The molecule has 30 heavy (non-hydrogen) atoms. The number of ether oxygens (including phenoxy) is 1. The zero-order valence-electron chi connectivity index (χ0n) is 17.2. The summed E-state index contributed by atoms with van der Waals surface area (Å²) in [6, 6.07) is 14.4. The summed E-state index contributed by atoms with van der Waals surface area (Å²) in [7, 11) is -1.86. The van der Waals surface area contributed by atoms with Crippen LogP contribution in [0.15, 0.2) is 48.5 Å². The van der Waals surface area contributed by atoms with Crippen LogP contribution in [0.3, 0.4) is 0 Å². The second-order valence-corrected chi connectivity index (χ2v) is 9.90. The highest BCUT2D eigenvalue weighted by molar-refractivity contribution is 7.88. The van der Waals surface area contributed by atoms with Crippen molar-refractivity contribution in [2.24, 2.45) is 5.92 Å². The van der Waals surface area contributed by atoms with Crippen LogP contribution in [-0.4, -0.2) is 38.8 Å². The molecule has 1 saturated heterocycles. The lowest BCUT2D eigenvalue weighted by molar-refractivity contribution is -0.126. The highest BCUT2D eigenvalue weighted by Crippen LogP contribution is 2.25. The van der Waals surface area contributed by atoms with Gasteiger partial charge in [0, 0.05) is 24.0 Å². The molecule has 8 heteroatoms. The maximum Gasteiger partial charge on any atom is 0.223 e. The Bertz CT molecular complexity index is 971. The summed E-state index contributed by atoms with van der Waals surface area (Å²) in [5, 5.41) is 3.49. The van der Waals surface area contributed by atoms with Crippen LogP contribution in [-0.2, 0) is 20.6 Å². The van der Waals surface area contributed by atoms with Crippen molar-refractivity contribution in [1.82, 2.24) is 9.62 Å². The van der Waals surface area contributed by atoms with Gasteiger partial charge in [0.15, 0.2) is 0 Å². The van der Waals surface area contributed by atoms with Gasteiger partial charge < -0.3 is 10.1 Å². The first-order valence-electron chi connectivity index (χ1n) is 9.95. The molecule has 6 nitrogen and oxygen atoms in total. The van der Waals surface area contributed by atoms with E-state index in [9.17, 15) is 13.2 Å². The third kappa shape index (κ3) is 5.53. The number of nitrogens with zero attached hydrogens (tertiary/aromatic N) is 1. The topological polar surface area (TPSA) is 75.7 Å². The van der Waals surface area contributed by atoms with E-state index in [1.54, 1.807) is 31.4 Å². The summed E-state index contributed by atoms with van der Waals surface area (Å²) in [5.74, 6) is 0.402. The fourth-order valence-electron chi connectivity index (χ4n) is 3.61. The van der Waals surface area contributed by atoms with E-state index >= 15 is 0 Å². The molecule has 0 aromatic heterocycles. The lowest BCUT2D eigenvalue weighted by Crippen LogP contribution is -2.43. The van der Waals surface area contributed by atoms with E-state index in [1.165, 1.54) is 4.31 Å². The predicted octanol–water partition coefficient (Wildman–Crippen LogP) is 3.77. The Balaban J connectivity index is 1.54. The highest BCUT2D eigenvalue weighted by Gasteiger charge is 2.32. The molecule has 0 radical (unpaired) electrons. The number of nitrogens with one attached hydrogen (secondary N) is 1. The van der Waals surface area contributed by atoms with Crippen molar-refractivity contribution in [1.29, 1.82) is 0 Å². The lowest BCUT2D eigenvalue weighted by atomic mass is 9.96. The molecule has 162 valence electrons. The van der Waals surface area contributed by atoms with Crippen molar-refractivity contribution < 1.29 is 17.9 Å². The van der Waals surface area contributed by atoms with Gasteiger partial charge in [-0.3, -0.25) is 4.79 Å². The van der Waals surface area contributed by atoms with Crippen LogP contribution in [0.1, 0.15) is 36.9 Å². The van der Waals surface area contributed by atoms with E-state index in [0.29, 0.717) is 36.5 Å². The first-order chi connectivity index (χ1) is 14.3. The Kier molecular flexibility index (Phi) is 7.39. The molecule has 1 heterocycles. The van der Waals surface area contributed by atoms with E-state index in [1.807, 2.05) is 31.2 Å². The van der Waals surface area contributed by atoms with E-state index in [-0.39, 0.29) is 23.6 Å². The molecule has 3 rings (SSSR count). The summed E-state index contributed by atoms with van der Waals surface area (Å²) in [6.45, 7) is 2.60. The molecule has 1 aliphatic rings. The molecule has 0 saturated carbocycles. The van der Waals surface area contributed by atoms with Gasteiger partial charge in [-0.1, -0.05) is 41.9 Å². The molecule has 1 fully saturated rings. The van der Waals surface area contributed by atoms with Gasteiger partial charge in [0.25, 0.3) is 0 Å². The Morgan fingerprint density at radius 3 is 2.40 bits per heavy atom. The number of piperidine rings is 1. The molecule has 1 unspecified atom stereocenters. The number of hydrogen-bond acceptors (Lipinski definition) is 4. The summed E-state index contributed by atoms with van der Waals surface area (Å²) in [5.41, 5.74) is 1.58. The molecule has 0 spiro atoms. The van der Waals surface area contributed by atoms with E-state index in [2.05, 4.69) is 5.32 Å². The SMILES string of the molecule is COc1ccc(C(C)NC(=O)C2CCN(S(=O)(=O)Cc3ccccc3Cl)CC2)cc1. The van der Waals surface area contributed by atoms with Crippen molar-refractivity contribution >= 4 is 27.5 Å². The van der Waals surface area contributed by atoms with Gasteiger partial charge in [0.05, 0.1) is 18.9 Å². The highest BCUT2D eigenvalue weighted by atomic mass is 35.5. The average Bonchev–Trinajstić information content (AvgIpc) is 2.75. The summed E-state index contributed by atoms with van der Waals surface area (Å²) >= 11 is 6.11. The molecule has 1 aliphatic heterocycles. The molecule has 0 bridgehead atoms. The molecule has 2 aromatic rings. The third-order valence-electron chi connectivity index (χ3n) is 5.49. The lowest BCUT2D eigenvalue weighted by Gasteiger charge is -2.31. The molecule has 1 amide bonds. The number of carbonyl (C=O) groups is 1. The van der Waals surface area contributed by atoms with Crippen LogP contribution in [0, 0.1) is 5.92 Å². The van der Waals surface area contributed by atoms with Gasteiger partial charge in [0.1, 0.15) is 5.75 Å². The monoisotopic (exact) mass is 450 g/mol. The van der Waals surface area contributed by atoms with Crippen LogP contribution in [0.5, 0.6) is 5.75 Å². The van der Waals surface area contributed by atoms with Gasteiger partial charge in [-0.15, -0.1) is 0 Å². The Labute approximate surface area is 183 Å². The van der Waals surface area contributed by atoms with Crippen LogP contribution < -0.4 is 10.1 Å². The Morgan fingerprint density at radius 1 is 1.17 bits per heavy atom. The van der Waals surface area contributed by atoms with Gasteiger partial charge in [-0.05, 0) is 49.1 Å². The van der Waals surface area contributed by atoms with Gasteiger partial charge in [0.2, 0.25) is 15.9 Å². The smallest absolute Gasteiger partial charge is 0.223 e. The second kappa shape index (κ2) is 9.81. The number of carbonyl (C=O) groups excluding carboxylic acids is 1. The van der Waals surface area contributed by atoms with Gasteiger partial charge in [-0.25, -0.2) is 12.7 Å². The maximum absolute atomic E-state index is 12.8. The second-order valence-electron chi connectivity index (χ2n) is 7.52. The first-order valence-corrected chi connectivity index (χ1v) is 11.9. The molecule has 2 aromatic carbocycles. The molecular formula is C22H27ClN2O4S. The molecule has 1 atom stereocenters.